The molecule has 7 heteroatoms. The van der Waals surface area contributed by atoms with Crippen molar-refractivity contribution in [2.75, 3.05) is 48.4 Å². The number of anilines is 3. The normalized spacial score (nSPS) is 14.0. The first-order chi connectivity index (χ1) is 13.8. The molecule has 28 heavy (non-hydrogen) atoms. The van der Waals surface area contributed by atoms with E-state index in [4.69, 9.17) is 4.74 Å². The molecule has 4 rings (SSSR count). The predicted molar refractivity (Wildman–Crippen MR) is 111 cm³/mol. The highest BCUT2D eigenvalue weighted by atomic mass is 16.5. The molecule has 0 bridgehead atoms. The number of hydrogen-bond acceptors (Lipinski definition) is 7. The lowest BCUT2D eigenvalue weighted by atomic mass is 10.2. The Bertz CT molecular complexity index is 896. The van der Waals surface area contributed by atoms with Crippen LogP contribution >= 0.6 is 0 Å². The minimum absolute atomic E-state index is 0.661. The van der Waals surface area contributed by atoms with Gasteiger partial charge in [-0.3, -0.25) is 4.98 Å². The van der Waals surface area contributed by atoms with Gasteiger partial charge in [0.15, 0.2) is 0 Å². The van der Waals surface area contributed by atoms with Crippen molar-refractivity contribution in [3.63, 3.8) is 0 Å². The average molecular weight is 376 g/mol. The van der Waals surface area contributed by atoms with E-state index in [1.807, 2.05) is 24.4 Å². The first-order valence-electron chi connectivity index (χ1n) is 9.42. The maximum Gasteiger partial charge on any atom is 0.144 e. The van der Waals surface area contributed by atoms with Gasteiger partial charge < -0.3 is 19.9 Å². The third kappa shape index (κ3) is 3.98. The van der Waals surface area contributed by atoms with Crippen LogP contribution in [0.5, 0.6) is 5.75 Å². The number of hydrogen-bond donors (Lipinski definition) is 1. The summed E-state index contributed by atoms with van der Waals surface area (Å²) < 4.78 is 5.52. The number of methoxy groups -OCH3 is 1. The van der Waals surface area contributed by atoms with Crippen LogP contribution in [0.1, 0.15) is 5.56 Å². The summed E-state index contributed by atoms with van der Waals surface area (Å²) in [5, 5.41) is 3.32. The van der Waals surface area contributed by atoms with Crippen molar-refractivity contribution in [3.05, 3.63) is 66.7 Å². The zero-order valence-corrected chi connectivity index (χ0v) is 16.0. The van der Waals surface area contributed by atoms with Gasteiger partial charge in [-0.05, 0) is 18.2 Å². The number of nitrogens with zero attached hydrogens (tertiary/aromatic N) is 5. The van der Waals surface area contributed by atoms with E-state index in [1.165, 1.54) is 0 Å². The molecule has 1 saturated heterocycles. The third-order valence-electron chi connectivity index (χ3n) is 4.90. The van der Waals surface area contributed by atoms with Crippen LogP contribution in [-0.2, 0) is 6.54 Å². The molecule has 0 unspecified atom stereocenters. The van der Waals surface area contributed by atoms with E-state index >= 15 is 0 Å². The highest BCUT2D eigenvalue weighted by Crippen LogP contribution is 2.29. The molecule has 0 amide bonds. The highest BCUT2D eigenvalue weighted by Gasteiger charge is 2.22. The molecule has 1 aliphatic rings. The van der Waals surface area contributed by atoms with E-state index in [9.17, 15) is 0 Å². The fourth-order valence-corrected chi connectivity index (χ4v) is 3.48. The van der Waals surface area contributed by atoms with Crippen molar-refractivity contribution in [1.29, 1.82) is 0 Å². The largest absolute Gasteiger partial charge is 0.495 e. The maximum atomic E-state index is 5.52. The van der Waals surface area contributed by atoms with Crippen molar-refractivity contribution in [2.45, 2.75) is 6.54 Å². The Balaban J connectivity index is 1.43. The first kappa shape index (κ1) is 18.0. The number of rotatable bonds is 6. The molecule has 0 atom stereocenters. The Morgan fingerprint density at radius 2 is 1.75 bits per heavy atom. The summed E-state index contributed by atoms with van der Waals surface area (Å²) >= 11 is 0. The fourth-order valence-electron chi connectivity index (χ4n) is 3.48. The number of benzene rings is 1. The first-order valence-corrected chi connectivity index (χ1v) is 9.42. The Morgan fingerprint density at radius 3 is 2.54 bits per heavy atom. The molecule has 1 aromatic carbocycles. The van der Waals surface area contributed by atoms with Gasteiger partial charge in [-0.2, -0.15) is 0 Å². The summed E-state index contributed by atoms with van der Waals surface area (Å²) in [5.74, 6) is 2.71. The topological polar surface area (TPSA) is 66.4 Å². The minimum Gasteiger partial charge on any atom is -0.495 e. The number of piperazine rings is 1. The summed E-state index contributed by atoms with van der Waals surface area (Å²) in [4.78, 5) is 17.7. The molecule has 1 N–H and O–H groups in total. The molecule has 0 radical (unpaired) electrons. The molecular weight excluding hydrogens is 352 g/mol. The molecular formula is C21H24N6O. The predicted octanol–water partition coefficient (Wildman–Crippen LogP) is 2.82. The van der Waals surface area contributed by atoms with Crippen LogP contribution in [0.4, 0.5) is 17.3 Å². The van der Waals surface area contributed by atoms with Crippen LogP contribution in [0.25, 0.3) is 0 Å². The van der Waals surface area contributed by atoms with Gasteiger partial charge in [-0.15, -0.1) is 0 Å². The quantitative estimate of drug-likeness (QED) is 0.709. The summed E-state index contributed by atoms with van der Waals surface area (Å²) in [6, 6.07) is 12.3. The smallest absolute Gasteiger partial charge is 0.144 e. The molecule has 1 fully saturated rings. The van der Waals surface area contributed by atoms with Crippen LogP contribution in [-0.4, -0.2) is 48.2 Å². The SMILES string of the molecule is COc1ccccc1N1CCN(c2ncccc2CNc2cnccn2)CC1. The summed E-state index contributed by atoms with van der Waals surface area (Å²) in [6.07, 6.45) is 6.93. The molecule has 0 aliphatic carbocycles. The number of para-hydroxylation sites is 2. The molecule has 144 valence electrons. The van der Waals surface area contributed by atoms with E-state index in [0.29, 0.717) is 6.54 Å². The summed E-state index contributed by atoms with van der Waals surface area (Å²) in [6.45, 7) is 4.33. The number of pyridine rings is 1. The Kier molecular flexibility index (Phi) is 5.51. The Labute approximate surface area is 165 Å². The second kappa shape index (κ2) is 8.56. The van der Waals surface area contributed by atoms with E-state index in [2.05, 4.69) is 48.3 Å². The molecule has 3 heterocycles. The maximum absolute atomic E-state index is 5.52. The van der Waals surface area contributed by atoms with Crippen molar-refractivity contribution in [3.8, 4) is 5.75 Å². The fraction of sp³-hybridized carbons (Fsp3) is 0.286. The van der Waals surface area contributed by atoms with Gasteiger partial charge in [0.2, 0.25) is 0 Å². The molecule has 7 nitrogen and oxygen atoms in total. The highest BCUT2D eigenvalue weighted by molar-refractivity contribution is 5.60. The van der Waals surface area contributed by atoms with Crippen LogP contribution in [0.15, 0.2) is 61.2 Å². The number of nitrogens with one attached hydrogen (secondary N) is 1. The van der Waals surface area contributed by atoms with Gasteiger partial charge in [-0.1, -0.05) is 18.2 Å². The van der Waals surface area contributed by atoms with E-state index in [0.717, 1.165) is 54.8 Å². The number of aromatic nitrogens is 3. The lowest BCUT2D eigenvalue weighted by Crippen LogP contribution is -2.47. The van der Waals surface area contributed by atoms with E-state index in [1.54, 1.807) is 25.7 Å². The second-order valence-corrected chi connectivity index (χ2v) is 6.58. The molecule has 3 aromatic rings. The van der Waals surface area contributed by atoms with Crippen LogP contribution in [0, 0.1) is 0 Å². The van der Waals surface area contributed by atoms with Gasteiger partial charge in [0.05, 0.1) is 19.0 Å². The van der Waals surface area contributed by atoms with Crippen LogP contribution in [0.3, 0.4) is 0 Å². The van der Waals surface area contributed by atoms with Gasteiger partial charge in [0, 0.05) is 56.9 Å². The summed E-state index contributed by atoms with van der Waals surface area (Å²) in [7, 11) is 1.72. The Morgan fingerprint density at radius 1 is 0.929 bits per heavy atom. The van der Waals surface area contributed by atoms with Crippen molar-refractivity contribution in [1.82, 2.24) is 15.0 Å². The standard InChI is InChI=1S/C21H24N6O/c1-28-19-7-3-2-6-18(19)26-11-13-27(14-12-26)21-17(5-4-8-24-21)15-25-20-16-22-9-10-23-20/h2-10,16H,11-15H2,1H3,(H,23,25). The van der Waals surface area contributed by atoms with E-state index in [-0.39, 0.29) is 0 Å². The van der Waals surface area contributed by atoms with Gasteiger partial charge in [0.25, 0.3) is 0 Å². The lowest BCUT2D eigenvalue weighted by molar-refractivity contribution is 0.413. The zero-order chi connectivity index (χ0) is 19.2. The van der Waals surface area contributed by atoms with E-state index < -0.39 is 0 Å². The van der Waals surface area contributed by atoms with Gasteiger partial charge >= 0.3 is 0 Å². The van der Waals surface area contributed by atoms with Crippen molar-refractivity contribution in [2.24, 2.45) is 0 Å². The van der Waals surface area contributed by atoms with Crippen LogP contribution < -0.4 is 19.9 Å². The molecule has 0 spiro atoms. The average Bonchev–Trinajstić information content (AvgIpc) is 2.79. The summed E-state index contributed by atoms with van der Waals surface area (Å²) in [5.41, 5.74) is 2.30. The van der Waals surface area contributed by atoms with Gasteiger partial charge in [0.1, 0.15) is 17.4 Å². The molecule has 2 aromatic heterocycles. The molecule has 0 saturated carbocycles. The Hall–Kier alpha value is -3.35. The van der Waals surface area contributed by atoms with Crippen molar-refractivity contribution >= 4 is 17.3 Å². The van der Waals surface area contributed by atoms with Crippen molar-refractivity contribution < 1.29 is 4.74 Å². The minimum atomic E-state index is 0.661. The number of ether oxygens (including phenoxy) is 1. The second-order valence-electron chi connectivity index (χ2n) is 6.58. The third-order valence-corrected chi connectivity index (χ3v) is 4.90. The van der Waals surface area contributed by atoms with Crippen LogP contribution in [0.2, 0.25) is 0 Å². The zero-order valence-electron chi connectivity index (χ0n) is 16.0. The van der Waals surface area contributed by atoms with Gasteiger partial charge in [-0.25, -0.2) is 9.97 Å². The lowest BCUT2D eigenvalue weighted by Gasteiger charge is -2.37. The monoisotopic (exact) mass is 376 g/mol. The molecule has 1 aliphatic heterocycles.